The van der Waals surface area contributed by atoms with E-state index in [0.29, 0.717) is 38.5 Å². The summed E-state index contributed by atoms with van der Waals surface area (Å²) in [5.41, 5.74) is 11.0. The Bertz CT molecular complexity index is 4130. The van der Waals surface area contributed by atoms with Crippen molar-refractivity contribution in [1.29, 1.82) is 0 Å². The van der Waals surface area contributed by atoms with Gasteiger partial charge in [0.1, 0.15) is 0 Å². The van der Waals surface area contributed by atoms with E-state index in [1.807, 2.05) is 364 Å². The molecule has 12 aromatic rings. The number of carbonyl (C=O) groups excluding carboxylic acids is 12. The van der Waals surface area contributed by atoms with E-state index in [-0.39, 0.29) is 71.3 Å². The average Bonchev–Trinajstić information content (AvgIpc) is 0.943. The summed E-state index contributed by atoms with van der Waals surface area (Å²) in [6, 6.07) is 113. The van der Waals surface area contributed by atoms with Crippen molar-refractivity contribution < 1.29 is 86.0 Å². The number of nitrogens with one attached hydrogen (secondary N) is 6. The molecule has 660 valence electrons. The summed E-state index contributed by atoms with van der Waals surface area (Å²) in [5, 5.41) is 16.0. The Kier molecular flexibility index (Phi) is 61.1. The predicted molar refractivity (Wildman–Crippen MR) is 497 cm³/mol. The maximum Gasteiger partial charge on any atom is 0.309 e. The summed E-state index contributed by atoms with van der Waals surface area (Å²) in [6.07, 6.45) is 2.15. The van der Waals surface area contributed by atoms with Crippen LogP contribution in [-0.2, 0) is 124 Å². The summed E-state index contributed by atoms with van der Waals surface area (Å²) in [5.74, 6) is -1.40. The van der Waals surface area contributed by atoms with Gasteiger partial charge in [-0.15, -0.1) is 0 Å². The van der Waals surface area contributed by atoms with Gasteiger partial charge in [0.15, 0.2) is 0 Å². The van der Waals surface area contributed by atoms with Gasteiger partial charge in [-0.2, -0.15) is 0 Å². The van der Waals surface area contributed by atoms with E-state index in [4.69, 9.17) is 0 Å². The maximum absolute atomic E-state index is 10.8. The van der Waals surface area contributed by atoms with Gasteiger partial charge in [0, 0.05) is 75.7 Å². The molecule has 0 aliphatic carbocycles. The van der Waals surface area contributed by atoms with E-state index in [0.717, 1.165) is 67.5 Å². The number of para-hydroxylation sites is 6. The van der Waals surface area contributed by atoms with E-state index >= 15 is 0 Å². The third-order valence-corrected chi connectivity index (χ3v) is 15.1. The minimum absolute atomic E-state index is 0.0359. The number of esters is 6. The molecule has 0 unspecified atom stereocenters. The first kappa shape index (κ1) is 108. The lowest BCUT2D eigenvalue weighted by Crippen LogP contribution is -2.04. The monoisotopic (exact) mass is 1710 g/mol. The molecule has 0 fully saturated rings. The molecule has 12 aromatic carbocycles. The molecule has 0 aliphatic heterocycles. The fourth-order valence-corrected chi connectivity index (χ4v) is 9.36. The molecule has 6 N–H and O–H groups in total. The van der Waals surface area contributed by atoms with Crippen LogP contribution in [0.2, 0.25) is 0 Å². The van der Waals surface area contributed by atoms with Crippen molar-refractivity contribution >= 4 is 105 Å². The fraction of sp³-hybridized carbons (Fsp3) is 0.176. The van der Waals surface area contributed by atoms with Gasteiger partial charge in [0.25, 0.3) is 0 Å². The molecule has 0 spiro atoms. The van der Waals surface area contributed by atoms with Crippen molar-refractivity contribution in [2.24, 2.45) is 0 Å². The highest BCUT2D eigenvalue weighted by atomic mass is 16.5. The summed E-state index contributed by atoms with van der Waals surface area (Å²) < 4.78 is 27.1. The number of methoxy groups -OCH3 is 6. The fourth-order valence-electron chi connectivity index (χ4n) is 9.36. The van der Waals surface area contributed by atoms with Crippen LogP contribution in [0, 0.1) is 0 Å². The van der Waals surface area contributed by atoms with E-state index in [1.165, 1.54) is 84.2 Å². The predicted octanol–water partition coefficient (Wildman–Crippen LogP) is 18.3. The number of ether oxygens (including phenoxy) is 6. The number of benzene rings is 12. The number of rotatable bonds is 18. The van der Waals surface area contributed by atoms with Crippen LogP contribution in [0.1, 0.15) is 74.9 Å². The molecule has 6 amide bonds. The first-order chi connectivity index (χ1) is 60.7. The third-order valence-electron chi connectivity index (χ3n) is 15.1. The van der Waals surface area contributed by atoms with Crippen molar-refractivity contribution in [2.45, 2.75) is 80.1 Å². The number of hydrogen-bond donors (Lipinski definition) is 6. The Labute approximate surface area is 739 Å². The van der Waals surface area contributed by atoms with E-state index in [9.17, 15) is 57.5 Å². The van der Waals surface area contributed by atoms with Gasteiger partial charge >= 0.3 is 35.8 Å². The van der Waals surface area contributed by atoms with Gasteiger partial charge in [0.05, 0.1) is 81.2 Å². The molecule has 24 heteroatoms. The first-order valence-electron chi connectivity index (χ1n) is 39.3. The zero-order valence-electron chi connectivity index (χ0n) is 73.2. The lowest BCUT2D eigenvalue weighted by molar-refractivity contribution is -0.140. The van der Waals surface area contributed by atoms with Gasteiger partial charge in [0.2, 0.25) is 35.4 Å². The smallest absolute Gasteiger partial charge is 0.309 e. The molecule has 0 radical (unpaired) electrons. The second kappa shape index (κ2) is 71.1. The number of anilines is 6. The standard InChI is InChI=1S/6C9H10O2.6C8H9NO/c6*1-11-9(10)7-8-5-3-2-4-6-8;6*1-7(10)9-8-5-3-2-4-6-8/h6*2-6H,7H2,1H3;6*2-6H,1H3,(H,9,10). The zero-order valence-corrected chi connectivity index (χ0v) is 73.2. The number of amides is 6. The first-order valence-corrected chi connectivity index (χ1v) is 39.3. The molecule has 0 aromatic heterocycles. The third kappa shape index (κ3) is 63.3. The highest BCUT2D eigenvalue weighted by Crippen LogP contribution is 2.11. The highest BCUT2D eigenvalue weighted by Gasteiger charge is 2.06. The van der Waals surface area contributed by atoms with Crippen LogP contribution in [0.4, 0.5) is 34.1 Å². The van der Waals surface area contributed by atoms with E-state index in [2.05, 4.69) is 60.3 Å². The van der Waals surface area contributed by atoms with Crippen LogP contribution in [0.15, 0.2) is 364 Å². The second-order valence-corrected chi connectivity index (χ2v) is 25.7. The minimum Gasteiger partial charge on any atom is -0.469 e. The molecule has 0 bridgehead atoms. The van der Waals surface area contributed by atoms with Crippen molar-refractivity contribution in [1.82, 2.24) is 0 Å². The normalized spacial score (nSPS) is 9.05. The van der Waals surface area contributed by atoms with Crippen LogP contribution in [0.25, 0.3) is 0 Å². The molecule has 0 saturated carbocycles. The topological polar surface area (TPSA) is 332 Å². The quantitative estimate of drug-likeness (QED) is 0.0343. The number of hydrogen-bond acceptors (Lipinski definition) is 18. The Hall–Kier alpha value is -15.7. The summed E-state index contributed by atoms with van der Waals surface area (Å²) in [7, 11) is 8.36. The van der Waals surface area contributed by atoms with Crippen molar-refractivity contribution in [3.8, 4) is 0 Å². The SMILES string of the molecule is CC(=O)Nc1ccccc1.CC(=O)Nc1ccccc1.CC(=O)Nc1ccccc1.CC(=O)Nc1ccccc1.CC(=O)Nc1ccccc1.CC(=O)Nc1ccccc1.COC(=O)Cc1ccccc1.COC(=O)Cc1ccccc1.COC(=O)Cc1ccccc1.COC(=O)Cc1ccccc1.COC(=O)Cc1ccccc1.COC(=O)Cc1ccccc1. The lowest BCUT2D eigenvalue weighted by Gasteiger charge is -1.98. The van der Waals surface area contributed by atoms with E-state index < -0.39 is 0 Å². The zero-order chi connectivity index (χ0) is 93.0. The Balaban J connectivity index is 0.000000687. The molecule has 0 aliphatic rings. The lowest BCUT2D eigenvalue weighted by atomic mass is 10.2. The van der Waals surface area contributed by atoms with Gasteiger partial charge in [-0.3, -0.25) is 57.5 Å². The van der Waals surface area contributed by atoms with Gasteiger partial charge < -0.3 is 60.3 Å². The number of carbonyl (C=O) groups is 12. The molecule has 12 rings (SSSR count). The minimum atomic E-state index is -0.198. The maximum atomic E-state index is 10.8. The highest BCUT2D eigenvalue weighted by molar-refractivity contribution is 5.91. The summed E-state index contributed by atoms with van der Waals surface area (Å²) >= 11 is 0. The molecular formula is C102H114N6O18. The van der Waals surface area contributed by atoms with Crippen molar-refractivity contribution in [3.05, 3.63) is 397 Å². The van der Waals surface area contributed by atoms with Crippen LogP contribution in [0.5, 0.6) is 0 Å². The van der Waals surface area contributed by atoms with Crippen LogP contribution in [-0.4, -0.2) is 114 Å². The molecule has 126 heavy (non-hydrogen) atoms. The largest absolute Gasteiger partial charge is 0.469 e. The van der Waals surface area contributed by atoms with Gasteiger partial charge in [-0.05, 0) is 106 Å². The van der Waals surface area contributed by atoms with Crippen LogP contribution >= 0.6 is 0 Å². The van der Waals surface area contributed by atoms with Gasteiger partial charge in [-0.1, -0.05) is 291 Å². The molecule has 0 atom stereocenters. The van der Waals surface area contributed by atoms with Crippen molar-refractivity contribution in [3.63, 3.8) is 0 Å². The second-order valence-electron chi connectivity index (χ2n) is 25.7. The Morgan fingerprint density at radius 3 is 0.325 bits per heavy atom. The van der Waals surface area contributed by atoms with E-state index in [1.54, 1.807) is 0 Å². The Morgan fingerprint density at radius 2 is 0.246 bits per heavy atom. The molecule has 24 nitrogen and oxygen atoms in total. The molecule has 0 saturated heterocycles. The molecule has 0 heterocycles. The summed E-state index contributed by atoms with van der Waals surface area (Å²) in [4.78, 5) is 128. The van der Waals surface area contributed by atoms with Crippen LogP contribution < -0.4 is 31.9 Å². The molecular weight excluding hydrogens is 1600 g/mol. The van der Waals surface area contributed by atoms with Gasteiger partial charge in [-0.25, -0.2) is 0 Å². The Morgan fingerprint density at radius 1 is 0.159 bits per heavy atom. The van der Waals surface area contributed by atoms with Crippen molar-refractivity contribution in [2.75, 3.05) is 74.6 Å². The summed E-state index contributed by atoms with van der Waals surface area (Å²) in [6.45, 7) is 8.96. The average molecular weight is 1710 g/mol. The van der Waals surface area contributed by atoms with Crippen LogP contribution in [0.3, 0.4) is 0 Å².